The molecule has 4 nitrogen and oxygen atoms in total. The van der Waals surface area contributed by atoms with Crippen LogP contribution in [0.15, 0.2) is 30.3 Å². The van der Waals surface area contributed by atoms with Gasteiger partial charge in [-0.05, 0) is 19.2 Å². The highest BCUT2D eigenvalue weighted by atomic mass is 16.6. The molecule has 74 valence electrons. The van der Waals surface area contributed by atoms with Crippen molar-refractivity contribution in [2.24, 2.45) is 0 Å². The molecule has 0 aliphatic heterocycles. The molecule has 1 rings (SSSR count). The summed E-state index contributed by atoms with van der Waals surface area (Å²) in [5.74, 6) is -1.20. The van der Waals surface area contributed by atoms with E-state index in [2.05, 4.69) is 10.1 Å². The Kier molecular flexibility index (Phi) is 3.82. The number of carbonyl (C=O) groups is 2. The molecule has 0 radical (unpaired) electrons. The molecule has 14 heavy (non-hydrogen) atoms. The molecule has 4 heteroatoms. The van der Waals surface area contributed by atoms with Crippen molar-refractivity contribution >= 4 is 11.9 Å². The summed E-state index contributed by atoms with van der Waals surface area (Å²) in [6.07, 6.45) is 0. The van der Waals surface area contributed by atoms with E-state index in [1.54, 1.807) is 37.4 Å². The molecule has 0 aliphatic carbocycles. The number of nitrogens with one attached hydrogen (secondary N) is 1. The molecule has 0 fully saturated rings. The summed E-state index contributed by atoms with van der Waals surface area (Å²) in [5.41, 5.74) is 0.372. The molecule has 0 aliphatic rings. The normalized spacial score (nSPS) is 9.50. The highest BCUT2D eigenvalue weighted by Gasteiger charge is 2.10. The van der Waals surface area contributed by atoms with E-state index >= 15 is 0 Å². The van der Waals surface area contributed by atoms with Crippen LogP contribution in [0.1, 0.15) is 10.4 Å². The fourth-order valence-corrected chi connectivity index (χ4v) is 0.917. The van der Waals surface area contributed by atoms with Crippen molar-refractivity contribution in [3.8, 4) is 0 Å². The van der Waals surface area contributed by atoms with E-state index < -0.39 is 11.9 Å². The smallest absolute Gasteiger partial charge is 0.345 e. The summed E-state index contributed by atoms with van der Waals surface area (Å²) in [4.78, 5) is 22.2. The van der Waals surface area contributed by atoms with Gasteiger partial charge >= 0.3 is 11.9 Å². The van der Waals surface area contributed by atoms with Gasteiger partial charge in [-0.15, -0.1) is 0 Å². The lowest BCUT2D eigenvalue weighted by molar-refractivity contribution is -0.136. The van der Waals surface area contributed by atoms with Gasteiger partial charge in [0.05, 0.1) is 12.1 Å². The molecule has 0 bridgehead atoms. The number of benzene rings is 1. The monoisotopic (exact) mass is 193 g/mol. The third kappa shape index (κ3) is 2.99. The minimum absolute atomic E-state index is 0.0264. The summed E-state index contributed by atoms with van der Waals surface area (Å²) in [6, 6.07) is 8.38. The van der Waals surface area contributed by atoms with Gasteiger partial charge in [-0.1, -0.05) is 18.2 Å². The van der Waals surface area contributed by atoms with Crippen LogP contribution in [0.2, 0.25) is 0 Å². The Balaban J connectivity index is 2.55. The lowest BCUT2D eigenvalue weighted by atomic mass is 10.2. The SMILES string of the molecule is CNCC(=O)OC(=O)c1ccccc1. The lowest BCUT2D eigenvalue weighted by Crippen LogP contribution is -2.23. The van der Waals surface area contributed by atoms with Crippen LogP contribution < -0.4 is 5.32 Å². The minimum atomic E-state index is -0.620. The first kappa shape index (κ1) is 10.4. The average Bonchev–Trinajstić information content (AvgIpc) is 2.19. The molecular formula is C10H11NO3. The molecular weight excluding hydrogens is 182 g/mol. The van der Waals surface area contributed by atoms with E-state index in [-0.39, 0.29) is 6.54 Å². The number of carbonyl (C=O) groups excluding carboxylic acids is 2. The predicted molar refractivity (Wildman–Crippen MR) is 50.8 cm³/mol. The van der Waals surface area contributed by atoms with E-state index in [0.29, 0.717) is 5.56 Å². The van der Waals surface area contributed by atoms with Crippen LogP contribution in [-0.4, -0.2) is 25.5 Å². The molecule has 0 amide bonds. The van der Waals surface area contributed by atoms with E-state index in [1.807, 2.05) is 0 Å². The second kappa shape index (κ2) is 5.14. The molecule has 1 N–H and O–H groups in total. The highest BCUT2D eigenvalue weighted by Crippen LogP contribution is 2.00. The molecule has 0 unspecified atom stereocenters. The molecule has 0 spiro atoms. The Morgan fingerprint density at radius 3 is 2.50 bits per heavy atom. The fourth-order valence-electron chi connectivity index (χ4n) is 0.917. The second-order valence-electron chi connectivity index (χ2n) is 2.66. The topological polar surface area (TPSA) is 55.4 Å². The standard InChI is InChI=1S/C10H11NO3/c1-11-7-9(12)14-10(13)8-5-3-2-4-6-8/h2-6,11H,7H2,1H3. The first-order valence-electron chi connectivity index (χ1n) is 4.18. The molecule has 1 aromatic carbocycles. The molecule has 0 saturated carbocycles. The third-order valence-electron chi connectivity index (χ3n) is 1.54. The van der Waals surface area contributed by atoms with Gasteiger partial charge in [0.15, 0.2) is 0 Å². The molecule has 0 heterocycles. The van der Waals surface area contributed by atoms with Gasteiger partial charge in [-0.25, -0.2) is 4.79 Å². The van der Waals surface area contributed by atoms with Gasteiger partial charge < -0.3 is 10.1 Å². The average molecular weight is 193 g/mol. The van der Waals surface area contributed by atoms with Crippen LogP contribution in [-0.2, 0) is 9.53 Å². The number of hydrogen-bond acceptors (Lipinski definition) is 4. The third-order valence-corrected chi connectivity index (χ3v) is 1.54. The number of hydrogen-bond donors (Lipinski definition) is 1. The van der Waals surface area contributed by atoms with Crippen molar-refractivity contribution < 1.29 is 14.3 Å². The van der Waals surface area contributed by atoms with E-state index in [1.165, 1.54) is 0 Å². The quantitative estimate of drug-likeness (QED) is 0.564. The zero-order valence-corrected chi connectivity index (χ0v) is 7.82. The highest BCUT2D eigenvalue weighted by molar-refractivity contribution is 5.97. The van der Waals surface area contributed by atoms with Gasteiger partial charge in [0.25, 0.3) is 0 Å². The van der Waals surface area contributed by atoms with Crippen LogP contribution in [0.25, 0.3) is 0 Å². The number of esters is 2. The largest absolute Gasteiger partial charge is 0.388 e. The Morgan fingerprint density at radius 2 is 1.93 bits per heavy atom. The maximum Gasteiger partial charge on any atom is 0.345 e. The van der Waals surface area contributed by atoms with E-state index in [0.717, 1.165) is 0 Å². The maximum atomic E-state index is 11.3. The van der Waals surface area contributed by atoms with Gasteiger partial charge in [0, 0.05) is 0 Å². The van der Waals surface area contributed by atoms with Crippen molar-refractivity contribution in [1.29, 1.82) is 0 Å². The van der Waals surface area contributed by atoms with Crippen molar-refractivity contribution in [3.05, 3.63) is 35.9 Å². The van der Waals surface area contributed by atoms with Gasteiger partial charge in [-0.3, -0.25) is 4.79 Å². The summed E-state index contributed by atoms with van der Waals surface area (Å²) >= 11 is 0. The van der Waals surface area contributed by atoms with E-state index in [9.17, 15) is 9.59 Å². The van der Waals surface area contributed by atoms with Crippen molar-refractivity contribution in [1.82, 2.24) is 5.32 Å². The molecule has 0 saturated heterocycles. The van der Waals surface area contributed by atoms with Crippen molar-refractivity contribution in [2.75, 3.05) is 13.6 Å². The minimum Gasteiger partial charge on any atom is -0.388 e. The lowest BCUT2D eigenvalue weighted by Gasteiger charge is -2.01. The molecule has 0 atom stereocenters. The number of rotatable bonds is 3. The van der Waals surface area contributed by atoms with Crippen LogP contribution >= 0.6 is 0 Å². The number of ether oxygens (including phenoxy) is 1. The first-order valence-corrected chi connectivity index (χ1v) is 4.18. The fraction of sp³-hybridized carbons (Fsp3) is 0.200. The Bertz CT molecular complexity index is 321. The summed E-state index contributed by atoms with van der Waals surface area (Å²) in [5, 5.41) is 2.60. The first-order chi connectivity index (χ1) is 6.74. The Morgan fingerprint density at radius 1 is 1.29 bits per heavy atom. The van der Waals surface area contributed by atoms with Gasteiger partial charge in [0.2, 0.25) is 0 Å². The van der Waals surface area contributed by atoms with Crippen LogP contribution in [0.5, 0.6) is 0 Å². The number of likely N-dealkylation sites (N-methyl/N-ethyl adjacent to an activating group) is 1. The Labute approximate surface area is 81.9 Å². The zero-order chi connectivity index (χ0) is 10.4. The van der Waals surface area contributed by atoms with Crippen LogP contribution in [0, 0.1) is 0 Å². The predicted octanol–water partition coefficient (Wildman–Crippen LogP) is 0.589. The van der Waals surface area contributed by atoms with E-state index in [4.69, 9.17) is 0 Å². The van der Waals surface area contributed by atoms with Gasteiger partial charge in [0.1, 0.15) is 0 Å². The van der Waals surface area contributed by atoms with Gasteiger partial charge in [-0.2, -0.15) is 0 Å². The zero-order valence-electron chi connectivity index (χ0n) is 7.82. The van der Waals surface area contributed by atoms with Crippen LogP contribution in [0.3, 0.4) is 0 Å². The summed E-state index contributed by atoms with van der Waals surface area (Å²) < 4.78 is 4.54. The molecule has 1 aromatic rings. The Hall–Kier alpha value is -1.68. The maximum absolute atomic E-state index is 11.3. The summed E-state index contributed by atoms with van der Waals surface area (Å²) in [6.45, 7) is 0.0264. The van der Waals surface area contributed by atoms with Crippen molar-refractivity contribution in [3.63, 3.8) is 0 Å². The molecule has 0 aromatic heterocycles. The second-order valence-corrected chi connectivity index (χ2v) is 2.66. The van der Waals surface area contributed by atoms with Crippen molar-refractivity contribution in [2.45, 2.75) is 0 Å². The van der Waals surface area contributed by atoms with Crippen LogP contribution in [0.4, 0.5) is 0 Å². The summed E-state index contributed by atoms with van der Waals surface area (Å²) in [7, 11) is 1.61.